The molecule has 1 saturated heterocycles. The lowest BCUT2D eigenvalue weighted by Crippen LogP contribution is -2.51. The number of nitrogens with one attached hydrogen (secondary N) is 2. The number of phenolic OH excluding ortho intramolecular Hbond substituents is 1. The van der Waals surface area contributed by atoms with Gasteiger partial charge in [0.1, 0.15) is 11.8 Å². The van der Waals surface area contributed by atoms with Crippen LogP contribution in [0.5, 0.6) is 5.75 Å². The van der Waals surface area contributed by atoms with Crippen molar-refractivity contribution < 1.29 is 5.11 Å². The van der Waals surface area contributed by atoms with Crippen molar-refractivity contribution in [2.24, 2.45) is 4.99 Å². The lowest BCUT2D eigenvalue weighted by molar-refractivity contribution is 0.467. The number of para-hydroxylation sites is 1. The molecule has 0 spiro atoms. The third-order valence-corrected chi connectivity index (χ3v) is 4.80. The van der Waals surface area contributed by atoms with Crippen LogP contribution in [-0.4, -0.2) is 36.7 Å². The van der Waals surface area contributed by atoms with Crippen molar-refractivity contribution in [2.75, 3.05) is 24.5 Å². The first kappa shape index (κ1) is 19.6. The van der Waals surface area contributed by atoms with Crippen LogP contribution in [0.25, 0.3) is 0 Å². The molecule has 0 saturated carbocycles. The van der Waals surface area contributed by atoms with Crippen LogP contribution in [0.3, 0.4) is 0 Å². The van der Waals surface area contributed by atoms with E-state index in [-0.39, 0.29) is 11.8 Å². The Hall–Kier alpha value is -3.20. The summed E-state index contributed by atoms with van der Waals surface area (Å²) in [5.41, 5.74) is 2.68. The maximum Gasteiger partial charge on any atom is 0.191 e. The van der Waals surface area contributed by atoms with E-state index in [2.05, 4.69) is 26.6 Å². The zero-order valence-corrected chi connectivity index (χ0v) is 16.2. The Morgan fingerprint density at radius 3 is 2.93 bits per heavy atom. The van der Waals surface area contributed by atoms with Crippen LogP contribution in [0.1, 0.15) is 30.9 Å². The Labute approximate surface area is 166 Å². The summed E-state index contributed by atoms with van der Waals surface area (Å²) in [5.74, 6) is 1.02. The van der Waals surface area contributed by atoms with Gasteiger partial charge in [0.2, 0.25) is 0 Å². The van der Waals surface area contributed by atoms with Crippen LogP contribution in [0.2, 0.25) is 0 Å². The van der Waals surface area contributed by atoms with E-state index in [4.69, 9.17) is 0 Å². The fraction of sp³-hybridized carbons (Fsp3) is 0.364. The molecular weight excluding hydrogens is 350 g/mol. The molecule has 0 aromatic heterocycles. The molecule has 1 aliphatic rings. The summed E-state index contributed by atoms with van der Waals surface area (Å²) in [6.45, 7) is 5.10. The largest absolute Gasteiger partial charge is 0.508 e. The van der Waals surface area contributed by atoms with Gasteiger partial charge in [0.25, 0.3) is 0 Å². The van der Waals surface area contributed by atoms with Crippen LogP contribution >= 0.6 is 0 Å². The summed E-state index contributed by atoms with van der Waals surface area (Å²) in [4.78, 5) is 6.94. The Balaban J connectivity index is 1.67. The molecule has 1 heterocycles. The average Bonchev–Trinajstić information content (AvgIpc) is 2.72. The highest BCUT2D eigenvalue weighted by molar-refractivity contribution is 5.80. The number of guanidine groups is 1. The molecule has 146 valence electrons. The molecule has 0 radical (unpaired) electrons. The fourth-order valence-corrected chi connectivity index (χ4v) is 3.50. The van der Waals surface area contributed by atoms with E-state index in [1.54, 1.807) is 12.1 Å². The van der Waals surface area contributed by atoms with Gasteiger partial charge in [-0.1, -0.05) is 24.3 Å². The first-order valence-electron chi connectivity index (χ1n) is 9.76. The lowest BCUT2D eigenvalue weighted by atomic mass is 10.0. The van der Waals surface area contributed by atoms with Gasteiger partial charge in [-0.25, -0.2) is 4.99 Å². The molecule has 0 bridgehead atoms. The van der Waals surface area contributed by atoms with Gasteiger partial charge in [-0.15, -0.1) is 0 Å². The number of aliphatic imine (C=N–C) groups is 1. The van der Waals surface area contributed by atoms with Gasteiger partial charge >= 0.3 is 0 Å². The first-order valence-corrected chi connectivity index (χ1v) is 9.76. The van der Waals surface area contributed by atoms with Crippen molar-refractivity contribution in [2.45, 2.75) is 32.4 Å². The molecule has 6 heteroatoms. The Morgan fingerprint density at radius 1 is 1.29 bits per heavy atom. The minimum Gasteiger partial charge on any atom is -0.508 e. The number of aromatic hydroxyl groups is 1. The van der Waals surface area contributed by atoms with Crippen molar-refractivity contribution in [3.63, 3.8) is 0 Å². The van der Waals surface area contributed by atoms with E-state index in [1.807, 2.05) is 43.3 Å². The second-order valence-electron chi connectivity index (χ2n) is 6.92. The van der Waals surface area contributed by atoms with Gasteiger partial charge in [0.15, 0.2) is 5.96 Å². The van der Waals surface area contributed by atoms with Gasteiger partial charge in [-0.3, -0.25) is 0 Å². The van der Waals surface area contributed by atoms with Gasteiger partial charge in [0.05, 0.1) is 17.8 Å². The Kier molecular flexibility index (Phi) is 6.74. The molecule has 0 amide bonds. The minimum atomic E-state index is 0.252. The molecule has 1 atom stereocenters. The summed E-state index contributed by atoms with van der Waals surface area (Å²) in [7, 11) is 0. The van der Waals surface area contributed by atoms with E-state index in [9.17, 15) is 10.4 Å². The first-order chi connectivity index (χ1) is 13.7. The maximum atomic E-state index is 9.61. The summed E-state index contributed by atoms with van der Waals surface area (Å²) in [6.07, 6.45) is 2.12. The number of hydrogen-bond acceptors (Lipinski definition) is 4. The zero-order valence-electron chi connectivity index (χ0n) is 16.2. The highest BCUT2D eigenvalue weighted by Gasteiger charge is 2.22. The summed E-state index contributed by atoms with van der Waals surface area (Å²) < 4.78 is 0. The maximum absolute atomic E-state index is 9.61. The predicted molar refractivity (Wildman–Crippen MR) is 112 cm³/mol. The number of benzene rings is 2. The molecule has 0 aliphatic carbocycles. The number of hydrogen-bond donors (Lipinski definition) is 3. The van der Waals surface area contributed by atoms with Crippen LogP contribution in [0, 0.1) is 11.3 Å². The number of anilines is 1. The molecule has 2 aromatic carbocycles. The fourth-order valence-electron chi connectivity index (χ4n) is 3.50. The van der Waals surface area contributed by atoms with E-state index in [0.29, 0.717) is 12.1 Å². The minimum absolute atomic E-state index is 0.252. The molecule has 3 rings (SSSR count). The second-order valence-corrected chi connectivity index (χ2v) is 6.92. The normalized spacial score (nSPS) is 17.1. The highest BCUT2D eigenvalue weighted by Crippen LogP contribution is 2.23. The van der Waals surface area contributed by atoms with Gasteiger partial charge < -0.3 is 20.6 Å². The van der Waals surface area contributed by atoms with E-state index in [0.717, 1.165) is 49.7 Å². The number of nitrogens with zero attached hydrogens (tertiary/aromatic N) is 3. The summed E-state index contributed by atoms with van der Waals surface area (Å²) in [6, 6.07) is 17.5. The standard InChI is InChI=1S/C22H27N5O/c1-2-24-22(25-15-17-7-5-10-20(28)13-17)26-19-9-6-12-27(16-19)21-11-4-3-8-18(21)14-23/h3-5,7-8,10-11,13,19,28H,2,6,9,12,15-16H2,1H3,(H2,24,25,26). The van der Waals surface area contributed by atoms with E-state index >= 15 is 0 Å². The lowest BCUT2D eigenvalue weighted by Gasteiger charge is -2.35. The van der Waals surface area contributed by atoms with Gasteiger partial charge in [-0.2, -0.15) is 5.26 Å². The number of nitriles is 1. The van der Waals surface area contributed by atoms with E-state index in [1.165, 1.54) is 0 Å². The monoisotopic (exact) mass is 377 g/mol. The average molecular weight is 377 g/mol. The zero-order chi connectivity index (χ0) is 19.8. The molecule has 28 heavy (non-hydrogen) atoms. The number of rotatable bonds is 5. The van der Waals surface area contributed by atoms with Crippen LogP contribution in [0.4, 0.5) is 5.69 Å². The van der Waals surface area contributed by atoms with Crippen molar-refractivity contribution in [3.8, 4) is 11.8 Å². The quantitative estimate of drug-likeness (QED) is 0.551. The number of piperidine rings is 1. The van der Waals surface area contributed by atoms with Crippen molar-refractivity contribution in [1.29, 1.82) is 5.26 Å². The molecular formula is C22H27N5O. The van der Waals surface area contributed by atoms with Gasteiger partial charge in [-0.05, 0) is 49.6 Å². The van der Waals surface area contributed by atoms with Crippen LogP contribution in [-0.2, 0) is 6.54 Å². The van der Waals surface area contributed by atoms with Crippen LogP contribution < -0.4 is 15.5 Å². The molecule has 6 nitrogen and oxygen atoms in total. The summed E-state index contributed by atoms with van der Waals surface area (Å²) in [5, 5.41) is 25.8. The Morgan fingerprint density at radius 2 is 2.14 bits per heavy atom. The van der Waals surface area contributed by atoms with Crippen LogP contribution in [0.15, 0.2) is 53.5 Å². The van der Waals surface area contributed by atoms with Crippen molar-refractivity contribution in [3.05, 3.63) is 59.7 Å². The summed E-state index contributed by atoms with van der Waals surface area (Å²) >= 11 is 0. The van der Waals surface area contributed by atoms with Gasteiger partial charge in [0, 0.05) is 25.7 Å². The third-order valence-electron chi connectivity index (χ3n) is 4.80. The molecule has 1 unspecified atom stereocenters. The highest BCUT2D eigenvalue weighted by atomic mass is 16.3. The second kappa shape index (κ2) is 9.65. The predicted octanol–water partition coefficient (Wildman–Crippen LogP) is 2.99. The molecule has 1 fully saturated rings. The topological polar surface area (TPSA) is 83.7 Å². The molecule has 2 aromatic rings. The SMILES string of the molecule is CCNC(=NCc1cccc(O)c1)NC1CCCN(c2ccccc2C#N)C1. The van der Waals surface area contributed by atoms with Crippen molar-refractivity contribution >= 4 is 11.6 Å². The molecule has 3 N–H and O–H groups in total. The third kappa shape index (κ3) is 5.17. The Bertz CT molecular complexity index is 858. The number of phenols is 1. The van der Waals surface area contributed by atoms with E-state index < -0.39 is 0 Å². The smallest absolute Gasteiger partial charge is 0.191 e. The molecule has 1 aliphatic heterocycles. The van der Waals surface area contributed by atoms with Crippen molar-refractivity contribution in [1.82, 2.24) is 10.6 Å².